The van der Waals surface area contributed by atoms with Gasteiger partial charge in [-0.3, -0.25) is 10.1 Å². The van der Waals surface area contributed by atoms with Gasteiger partial charge in [0.2, 0.25) is 0 Å². The van der Waals surface area contributed by atoms with E-state index < -0.39 is 16.8 Å². The van der Waals surface area contributed by atoms with Crippen LogP contribution in [0.15, 0.2) is 48.5 Å². The summed E-state index contributed by atoms with van der Waals surface area (Å²) in [5.41, 5.74) is 0.496. The number of hydrogen-bond acceptors (Lipinski definition) is 4. The molecule has 2 N–H and O–H groups in total. The van der Waals surface area contributed by atoms with Gasteiger partial charge in [0.1, 0.15) is 11.5 Å². The second kappa shape index (κ2) is 6.12. The van der Waals surface area contributed by atoms with Crippen LogP contribution in [-0.4, -0.2) is 16.6 Å². The highest BCUT2D eigenvalue weighted by molar-refractivity contribution is 5.61. The number of aliphatic hydroxyl groups excluding tert-OH is 1. The molecule has 0 bridgehead atoms. The molecular weight excluding hydrogens is 263 g/mol. The van der Waals surface area contributed by atoms with Crippen LogP contribution in [0.25, 0.3) is 0 Å². The van der Waals surface area contributed by atoms with Gasteiger partial charge >= 0.3 is 0 Å². The average Bonchev–Trinajstić information content (AvgIpc) is 2.45. The van der Waals surface area contributed by atoms with Crippen molar-refractivity contribution in [2.45, 2.75) is 6.10 Å². The first-order valence-corrected chi connectivity index (χ1v) is 5.99. The predicted octanol–water partition coefficient (Wildman–Crippen LogP) is 2.88. The second-order valence-electron chi connectivity index (χ2n) is 4.23. The number of nitrogens with one attached hydrogen (secondary N) is 1. The molecule has 0 fully saturated rings. The van der Waals surface area contributed by atoms with Crippen molar-refractivity contribution < 1.29 is 14.4 Å². The highest BCUT2D eigenvalue weighted by Gasteiger charge is 2.15. The lowest BCUT2D eigenvalue weighted by atomic mass is 10.1. The number of halogens is 1. The van der Waals surface area contributed by atoms with Crippen molar-refractivity contribution in [1.29, 1.82) is 0 Å². The minimum Gasteiger partial charge on any atom is -0.387 e. The van der Waals surface area contributed by atoms with Crippen molar-refractivity contribution in [2.75, 3.05) is 11.9 Å². The number of nitro benzene ring substituents is 1. The molecule has 2 aromatic rings. The zero-order valence-corrected chi connectivity index (χ0v) is 10.5. The van der Waals surface area contributed by atoms with Crippen molar-refractivity contribution in [3.05, 3.63) is 70.0 Å². The van der Waals surface area contributed by atoms with E-state index in [0.29, 0.717) is 5.56 Å². The lowest BCUT2D eigenvalue weighted by Gasteiger charge is -2.13. The summed E-state index contributed by atoms with van der Waals surface area (Å²) in [4.78, 5) is 10.2. The van der Waals surface area contributed by atoms with Gasteiger partial charge in [-0.2, -0.15) is 0 Å². The first kappa shape index (κ1) is 14.0. The summed E-state index contributed by atoms with van der Waals surface area (Å²) < 4.78 is 13.1. The van der Waals surface area contributed by atoms with Crippen molar-refractivity contribution in [2.24, 2.45) is 0 Å². The van der Waals surface area contributed by atoms with Crippen LogP contribution < -0.4 is 5.32 Å². The van der Waals surface area contributed by atoms with Crippen molar-refractivity contribution in [3.8, 4) is 0 Å². The summed E-state index contributed by atoms with van der Waals surface area (Å²) in [6.07, 6.45) is -0.834. The SMILES string of the molecule is O=[N+]([O-])c1ccc(F)cc1NCC(O)c1ccccc1. The van der Waals surface area contributed by atoms with Gasteiger partial charge in [-0.25, -0.2) is 4.39 Å². The topological polar surface area (TPSA) is 75.4 Å². The van der Waals surface area contributed by atoms with E-state index in [2.05, 4.69) is 5.32 Å². The zero-order chi connectivity index (χ0) is 14.5. The Bertz CT molecular complexity index is 605. The number of benzene rings is 2. The van der Waals surface area contributed by atoms with Gasteiger partial charge < -0.3 is 10.4 Å². The number of rotatable bonds is 5. The fourth-order valence-electron chi connectivity index (χ4n) is 1.81. The first-order chi connectivity index (χ1) is 9.58. The smallest absolute Gasteiger partial charge is 0.292 e. The van der Waals surface area contributed by atoms with Gasteiger partial charge in [-0.15, -0.1) is 0 Å². The highest BCUT2D eigenvalue weighted by atomic mass is 19.1. The predicted molar refractivity (Wildman–Crippen MR) is 72.9 cm³/mol. The fourth-order valence-corrected chi connectivity index (χ4v) is 1.81. The quantitative estimate of drug-likeness (QED) is 0.650. The molecule has 6 heteroatoms. The summed E-state index contributed by atoms with van der Waals surface area (Å²) in [7, 11) is 0. The standard InChI is InChI=1S/C14H13FN2O3/c15-11-6-7-13(17(19)20)12(8-11)16-9-14(18)10-4-2-1-3-5-10/h1-8,14,16,18H,9H2. The van der Waals surface area contributed by atoms with Gasteiger partial charge in [0, 0.05) is 18.7 Å². The molecule has 104 valence electrons. The van der Waals surface area contributed by atoms with Crippen LogP contribution in [0.5, 0.6) is 0 Å². The third-order valence-electron chi connectivity index (χ3n) is 2.83. The van der Waals surface area contributed by atoms with E-state index in [1.54, 1.807) is 24.3 Å². The maximum Gasteiger partial charge on any atom is 0.292 e. The van der Waals surface area contributed by atoms with Crippen LogP contribution in [0.3, 0.4) is 0 Å². The Labute approximate surface area is 114 Å². The molecule has 20 heavy (non-hydrogen) atoms. The van der Waals surface area contributed by atoms with Gasteiger partial charge in [-0.1, -0.05) is 30.3 Å². The molecular formula is C14H13FN2O3. The highest BCUT2D eigenvalue weighted by Crippen LogP contribution is 2.25. The molecule has 0 aromatic heterocycles. The summed E-state index contributed by atoms with van der Waals surface area (Å²) in [5, 5.41) is 23.5. The van der Waals surface area contributed by atoms with E-state index in [4.69, 9.17) is 0 Å². The third kappa shape index (κ3) is 3.30. The molecule has 0 spiro atoms. The number of hydrogen-bond donors (Lipinski definition) is 2. The summed E-state index contributed by atoms with van der Waals surface area (Å²) >= 11 is 0. The number of aliphatic hydroxyl groups is 1. The average molecular weight is 276 g/mol. The molecule has 0 saturated heterocycles. The monoisotopic (exact) mass is 276 g/mol. The zero-order valence-electron chi connectivity index (χ0n) is 10.5. The molecule has 0 heterocycles. The Morgan fingerprint density at radius 3 is 2.60 bits per heavy atom. The Morgan fingerprint density at radius 1 is 1.25 bits per heavy atom. The van der Waals surface area contributed by atoms with Crippen molar-refractivity contribution in [1.82, 2.24) is 0 Å². The first-order valence-electron chi connectivity index (χ1n) is 5.99. The molecule has 0 radical (unpaired) electrons. The number of anilines is 1. The Hall–Kier alpha value is -2.47. The summed E-state index contributed by atoms with van der Waals surface area (Å²) in [6.45, 7) is 0.0499. The Morgan fingerprint density at radius 2 is 1.95 bits per heavy atom. The van der Waals surface area contributed by atoms with E-state index in [1.807, 2.05) is 6.07 Å². The molecule has 0 aliphatic heterocycles. The van der Waals surface area contributed by atoms with E-state index in [1.165, 1.54) is 0 Å². The Balaban J connectivity index is 2.11. The van der Waals surface area contributed by atoms with Crippen LogP contribution >= 0.6 is 0 Å². The van der Waals surface area contributed by atoms with E-state index >= 15 is 0 Å². The fraction of sp³-hybridized carbons (Fsp3) is 0.143. The Kier molecular flexibility index (Phi) is 4.27. The van der Waals surface area contributed by atoms with Crippen LogP contribution in [0, 0.1) is 15.9 Å². The van der Waals surface area contributed by atoms with E-state index in [0.717, 1.165) is 18.2 Å². The molecule has 2 aromatic carbocycles. The number of nitro groups is 1. The second-order valence-corrected chi connectivity index (χ2v) is 4.23. The molecule has 0 saturated carbocycles. The summed E-state index contributed by atoms with van der Waals surface area (Å²) in [5.74, 6) is -0.577. The van der Waals surface area contributed by atoms with Crippen molar-refractivity contribution in [3.63, 3.8) is 0 Å². The molecule has 1 unspecified atom stereocenters. The molecule has 0 amide bonds. The van der Waals surface area contributed by atoms with E-state index in [-0.39, 0.29) is 17.9 Å². The molecule has 5 nitrogen and oxygen atoms in total. The van der Waals surface area contributed by atoms with Gasteiger partial charge in [-0.05, 0) is 11.6 Å². The lowest BCUT2D eigenvalue weighted by Crippen LogP contribution is -2.13. The van der Waals surface area contributed by atoms with Crippen LogP contribution in [0.1, 0.15) is 11.7 Å². The summed E-state index contributed by atoms with van der Waals surface area (Å²) in [6, 6.07) is 12.0. The number of nitrogens with zero attached hydrogens (tertiary/aromatic N) is 1. The lowest BCUT2D eigenvalue weighted by molar-refractivity contribution is -0.384. The van der Waals surface area contributed by atoms with Gasteiger partial charge in [0.15, 0.2) is 0 Å². The minimum atomic E-state index is -0.834. The van der Waals surface area contributed by atoms with Crippen LogP contribution in [0.2, 0.25) is 0 Å². The minimum absolute atomic E-state index is 0.0463. The van der Waals surface area contributed by atoms with Crippen molar-refractivity contribution >= 4 is 11.4 Å². The third-order valence-corrected chi connectivity index (χ3v) is 2.83. The molecule has 0 aliphatic carbocycles. The maximum atomic E-state index is 13.1. The molecule has 1 atom stereocenters. The van der Waals surface area contributed by atoms with Gasteiger partial charge in [0.25, 0.3) is 5.69 Å². The molecule has 2 rings (SSSR count). The van der Waals surface area contributed by atoms with Crippen LogP contribution in [0.4, 0.5) is 15.8 Å². The molecule has 0 aliphatic rings. The van der Waals surface area contributed by atoms with E-state index in [9.17, 15) is 19.6 Å². The van der Waals surface area contributed by atoms with Gasteiger partial charge in [0.05, 0.1) is 11.0 Å². The normalized spacial score (nSPS) is 11.9. The maximum absolute atomic E-state index is 13.1. The van der Waals surface area contributed by atoms with Crippen LogP contribution in [-0.2, 0) is 0 Å². The largest absolute Gasteiger partial charge is 0.387 e.